The third-order valence-electron chi connectivity index (χ3n) is 6.04. The van der Waals surface area contributed by atoms with E-state index in [1.54, 1.807) is 13.0 Å². The molecule has 0 heterocycles. The largest absolute Gasteiger partial charge is 0.491 e. The molecule has 0 aromatic heterocycles. The van der Waals surface area contributed by atoms with E-state index in [1.807, 2.05) is 0 Å². The minimum absolute atomic E-state index is 0.125. The highest BCUT2D eigenvalue weighted by molar-refractivity contribution is 5.66. The molecule has 1 nitrogen and oxygen atoms in total. The second-order valence-corrected chi connectivity index (χ2v) is 8.09. The normalized spacial score (nSPS) is 19.5. The van der Waals surface area contributed by atoms with Gasteiger partial charge in [0.05, 0.1) is 12.4 Å². The zero-order chi connectivity index (χ0) is 22.5. The fourth-order valence-corrected chi connectivity index (χ4v) is 4.37. The molecule has 0 atom stereocenters. The van der Waals surface area contributed by atoms with Gasteiger partial charge in [0.15, 0.2) is 23.2 Å². The molecule has 1 aliphatic rings. The van der Waals surface area contributed by atoms with Gasteiger partial charge in [-0.2, -0.15) is 4.39 Å². The molecule has 2 aromatic carbocycles. The van der Waals surface area contributed by atoms with Crippen LogP contribution in [0.25, 0.3) is 11.1 Å². The molecule has 0 bridgehead atoms. The lowest BCUT2D eigenvalue weighted by molar-refractivity contribution is 0.306. The summed E-state index contributed by atoms with van der Waals surface area (Å²) in [4.78, 5) is 0. The summed E-state index contributed by atoms with van der Waals surface area (Å²) in [6.45, 7) is 3.21. The lowest BCUT2D eigenvalue weighted by Crippen LogP contribution is -2.15. The van der Waals surface area contributed by atoms with Crippen LogP contribution in [0.5, 0.6) is 5.75 Å². The lowest BCUT2D eigenvalue weighted by atomic mass is 9.77. The van der Waals surface area contributed by atoms with E-state index in [2.05, 4.69) is 0 Å². The van der Waals surface area contributed by atoms with Crippen molar-refractivity contribution in [2.45, 2.75) is 58.3 Å². The average molecular weight is 438 g/mol. The van der Waals surface area contributed by atoms with E-state index in [9.17, 15) is 22.0 Å². The van der Waals surface area contributed by atoms with Crippen LogP contribution in [0.4, 0.5) is 22.0 Å². The molecule has 1 fully saturated rings. The summed E-state index contributed by atoms with van der Waals surface area (Å²) in [5, 5.41) is 0. The number of hydrogen-bond acceptors (Lipinski definition) is 1. The van der Waals surface area contributed by atoms with Gasteiger partial charge in [-0.15, -0.1) is 0 Å². The zero-order valence-corrected chi connectivity index (χ0v) is 17.8. The smallest absolute Gasteiger partial charge is 0.201 e. The van der Waals surface area contributed by atoms with Gasteiger partial charge in [0.1, 0.15) is 0 Å². The van der Waals surface area contributed by atoms with E-state index in [4.69, 9.17) is 4.74 Å². The number of hydrogen-bond donors (Lipinski definition) is 0. The molecule has 0 radical (unpaired) electrons. The van der Waals surface area contributed by atoms with Gasteiger partial charge in [0, 0.05) is 11.1 Å². The predicted molar refractivity (Wildman–Crippen MR) is 112 cm³/mol. The summed E-state index contributed by atoms with van der Waals surface area (Å²) < 4.78 is 76.2. The molecule has 1 saturated carbocycles. The van der Waals surface area contributed by atoms with Gasteiger partial charge in [0.2, 0.25) is 5.82 Å². The summed E-state index contributed by atoms with van der Waals surface area (Å²) in [6.07, 6.45) is 6.29. The summed E-state index contributed by atoms with van der Waals surface area (Å²) in [5.41, 5.74) is -0.391. The average Bonchev–Trinajstić information content (AvgIpc) is 2.75. The summed E-state index contributed by atoms with van der Waals surface area (Å²) >= 11 is 0. The topological polar surface area (TPSA) is 9.23 Å². The Labute approximate surface area is 179 Å². The van der Waals surface area contributed by atoms with Gasteiger partial charge in [-0.05, 0) is 81.9 Å². The first kappa shape index (κ1) is 23.3. The molecule has 0 amide bonds. The maximum Gasteiger partial charge on any atom is 0.201 e. The third kappa shape index (κ3) is 5.28. The van der Waals surface area contributed by atoms with E-state index in [0.29, 0.717) is 25.2 Å². The fraction of sp³-hybridized carbons (Fsp3) is 0.440. The Bertz CT molecular complexity index is 941. The van der Waals surface area contributed by atoms with E-state index in [-0.39, 0.29) is 40.8 Å². The van der Waals surface area contributed by atoms with Crippen LogP contribution in [0.1, 0.15) is 63.9 Å². The van der Waals surface area contributed by atoms with Crippen LogP contribution in [0.15, 0.2) is 36.2 Å². The molecule has 1 aliphatic carbocycles. The highest BCUT2D eigenvalue weighted by Gasteiger charge is 2.27. The van der Waals surface area contributed by atoms with E-state index in [1.165, 1.54) is 31.2 Å². The maximum atomic E-state index is 14.9. The van der Waals surface area contributed by atoms with Crippen molar-refractivity contribution in [1.29, 1.82) is 0 Å². The van der Waals surface area contributed by atoms with Crippen molar-refractivity contribution in [3.8, 4) is 16.9 Å². The molecule has 31 heavy (non-hydrogen) atoms. The predicted octanol–water partition coefficient (Wildman–Crippen LogP) is 8.24. The Morgan fingerprint density at radius 1 is 0.903 bits per heavy atom. The third-order valence-corrected chi connectivity index (χ3v) is 6.04. The van der Waals surface area contributed by atoms with Crippen molar-refractivity contribution in [3.63, 3.8) is 0 Å². The Morgan fingerprint density at radius 3 is 2.13 bits per heavy atom. The first-order valence-corrected chi connectivity index (χ1v) is 10.7. The van der Waals surface area contributed by atoms with Crippen LogP contribution >= 0.6 is 0 Å². The van der Waals surface area contributed by atoms with Gasteiger partial charge < -0.3 is 4.74 Å². The number of ether oxygens (including phenoxy) is 1. The SMILES string of the molecule is CCOc1ccc(-c2ccc(C3CCC(CCC=C(C)F)CC3)c(F)c2F)c(F)c1F. The van der Waals surface area contributed by atoms with Gasteiger partial charge in [-0.3, -0.25) is 0 Å². The molecule has 3 rings (SSSR count). The Hall–Kier alpha value is -2.37. The standard InChI is InChI=1S/C25H27F5O/c1-3-31-21-14-13-20(24(29)25(21)30)19-12-11-18(22(27)23(19)28)17-9-7-16(8-10-17)6-4-5-15(2)26/h5,11-14,16-17H,3-4,6-10H2,1-2H3. The van der Waals surface area contributed by atoms with Crippen LogP contribution < -0.4 is 4.74 Å². The molecule has 0 N–H and O–H groups in total. The Morgan fingerprint density at radius 2 is 1.52 bits per heavy atom. The maximum absolute atomic E-state index is 14.9. The van der Waals surface area contributed by atoms with Crippen LogP contribution in [-0.4, -0.2) is 6.61 Å². The van der Waals surface area contributed by atoms with E-state index >= 15 is 0 Å². The first-order chi connectivity index (χ1) is 14.8. The van der Waals surface area contributed by atoms with Crippen molar-refractivity contribution in [1.82, 2.24) is 0 Å². The molecule has 0 saturated heterocycles. The summed E-state index contributed by atoms with van der Waals surface area (Å²) in [7, 11) is 0. The summed E-state index contributed by atoms with van der Waals surface area (Å²) in [5.74, 6) is -4.81. The highest BCUT2D eigenvalue weighted by Crippen LogP contribution is 2.41. The zero-order valence-electron chi connectivity index (χ0n) is 17.8. The number of allylic oxidation sites excluding steroid dienone is 2. The number of halogens is 5. The monoisotopic (exact) mass is 438 g/mol. The molecule has 0 unspecified atom stereocenters. The molecule has 0 spiro atoms. The fourth-order valence-electron chi connectivity index (χ4n) is 4.37. The summed E-state index contributed by atoms with van der Waals surface area (Å²) in [6, 6.07) is 5.19. The Balaban J connectivity index is 1.76. The number of benzene rings is 2. The molecule has 2 aromatic rings. The highest BCUT2D eigenvalue weighted by atomic mass is 19.2. The quantitative estimate of drug-likeness (QED) is 0.396. The molecular formula is C25H27F5O. The first-order valence-electron chi connectivity index (χ1n) is 10.7. The second kappa shape index (κ2) is 10.3. The minimum atomic E-state index is -1.27. The molecule has 168 valence electrons. The van der Waals surface area contributed by atoms with Gasteiger partial charge in [0.25, 0.3) is 0 Å². The molecule has 0 aliphatic heterocycles. The molecular weight excluding hydrogens is 411 g/mol. The van der Waals surface area contributed by atoms with Gasteiger partial charge in [-0.25, -0.2) is 17.6 Å². The van der Waals surface area contributed by atoms with Crippen molar-refractivity contribution in [3.05, 3.63) is 65.0 Å². The van der Waals surface area contributed by atoms with Crippen molar-refractivity contribution < 1.29 is 26.7 Å². The van der Waals surface area contributed by atoms with Crippen molar-refractivity contribution in [2.75, 3.05) is 6.61 Å². The van der Waals surface area contributed by atoms with Crippen LogP contribution in [0.3, 0.4) is 0 Å². The Kier molecular flexibility index (Phi) is 7.74. The lowest BCUT2D eigenvalue weighted by Gasteiger charge is -2.29. The van der Waals surface area contributed by atoms with Crippen molar-refractivity contribution in [2.24, 2.45) is 5.92 Å². The molecule has 6 heteroatoms. The van der Waals surface area contributed by atoms with E-state index in [0.717, 1.165) is 19.3 Å². The van der Waals surface area contributed by atoms with Crippen LogP contribution in [-0.2, 0) is 0 Å². The van der Waals surface area contributed by atoms with E-state index < -0.39 is 23.3 Å². The van der Waals surface area contributed by atoms with Gasteiger partial charge in [-0.1, -0.05) is 18.2 Å². The number of rotatable bonds is 7. The second-order valence-electron chi connectivity index (χ2n) is 8.09. The van der Waals surface area contributed by atoms with Gasteiger partial charge >= 0.3 is 0 Å². The van der Waals surface area contributed by atoms with Crippen LogP contribution in [0.2, 0.25) is 0 Å². The van der Waals surface area contributed by atoms with Crippen molar-refractivity contribution >= 4 is 0 Å². The van der Waals surface area contributed by atoms with Crippen LogP contribution in [0, 0.1) is 29.2 Å². The minimum Gasteiger partial charge on any atom is -0.491 e.